The van der Waals surface area contributed by atoms with E-state index in [1.807, 2.05) is 29.2 Å². The Balaban J connectivity index is 0.00000242. The molecular formula is C15H22BrClN2O3. The van der Waals surface area contributed by atoms with Crippen molar-refractivity contribution < 1.29 is 14.3 Å². The van der Waals surface area contributed by atoms with Crippen molar-refractivity contribution >= 4 is 34.2 Å². The van der Waals surface area contributed by atoms with Crippen molar-refractivity contribution in [2.45, 2.75) is 18.6 Å². The molecule has 1 fully saturated rings. The Hall–Kier alpha value is -0.660. The molecule has 1 aromatic carbocycles. The van der Waals surface area contributed by atoms with Crippen LogP contribution >= 0.6 is 28.3 Å². The third-order valence-electron chi connectivity index (χ3n) is 3.64. The number of rotatable bonds is 5. The fraction of sp³-hybridized carbons (Fsp3) is 0.533. The first-order valence-corrected chi connectivity index (χ1v) is 7.81. The van der Waals surface area contributed by atoms with Gasteiger partial charge >= 0.3 is 0 Å². The maximum atomic E-state index is 12.3. The molecule has 1 amide bonds. The average molecular weight is 394 g/mol. The van der Waals surface area contributed by atoms with Crippen LogP contribution in [-0.4, -0.2) is 50.3 Å². The Kier molecular flexibility index (Phi) is 8.35. The molecule has 2 unspecified atom stereocenters. The number of carbonyl (C=O) groups is 1. The first kappa shape index (κ1) is 19.4. The highest BCUT2D eigenvalue weighted by Crippen LogP contribution is 2.25. The van der Waals surface area contributed by atoms with Gasteiger partial charge in [0.25, 0.3) is 0 Å². The minimum atomic E-state index is -0.218. The lowest BCUT2D eigenvalue weighted by Gasteiger charge is -2.34. The Bertz CT molecular complexity index is 486. The zero-order chi connectivity index (χ0) is 15.2. The molecule has 0 aliphatic carbocycles. The summed E-state index contributed by atoms with van der Waals surface area (Å²) in [5, 5.41) is 0. The molecule has 2 atom stereocenters. The van der Waals surface area contributed by atoms with Crippen LogP contribution < -0.4 is 5.73 Å². The molecule has 0 bridgehead atoms. The Morgan fingerprint density at radius 1 is 1.59 bits per heavy atom. The van der Waals surface area contributed by atoms with E-state index < -0.39 is 0 Å². The molecule has 2 rings (SSSR count). The second-order valence-corrected chi connectivity index (χ2v) is 5.97. The van der Waals surface area contributed by atoms with E-state index >= 15 is 0 Å². The topological polar surface area (TPSA) is 64.8 Å². The van der Waals surface area contributed by atoms with Crippen LogP contribution in [-0.2, 0) is 14.3 Å². The van der Waals surface area contributed by atoms with Gasteiger partial charge in [0, 0.05) is 24.7 Å². The molecule has 22 heavy (non-hydrogen) atoms. The quantitative estimate of drug-likeness (QED) is 0.832. The number of nitrogens with zero attached hydrogens (tertiary/aromatic N) is 1. The number of benzene rings is 1. The molecule has 5 nitrogen and oxygen atoms in total. The summed E-state index contributed by atoms with van der Waals surface area (Å²) < 4.78 is 12.0. The maximum absolute atomic E-state index is 12.3. The molecule has 124 valence electrons. The molecule has 7 heteroatoms. The lowest BCUT2D eigenvalue weighted by atomic mass is 10.1. The smallest absolute Gasteiger partial charge is 0.225 e. The highest BCUT2D eigenvalue weighted by atomic mass is 79.9. The molecule has 1 aromatic rings. The van der Waals surface area contributed by atoms with E-state index in [4.69, 9.17) is 15.2 Å². The first-order chi connectivity index (χ1) is 10.1. The number of halogens is 2. The van der Waals surface area contributed by atoms with Gasteiger partial charge in [-0.25, -0.2) is 0 Å². The number of ether oxygens (including phenoxy) is 2. The third kappa shape index (κ3) is 5.21. The number of carbonyl (C=O) groups excluding carboxylic acids is 1. The second kappa shape index (κ2) is 9.47. The normalized spacial score (nSPS) is 19.4. The Labute approximate surface area is 145 Å². The van der Waals surface area contributed by atoms with E-state index in [-0.39, 0.29) is 30.5 Å². The van der Waals surface area contributed by atoms with Gasteiger partial charge in [0.2, 0.25) is 5.91 Å². The van der Waals surface area contributed by atoms with Gasteiger partial charge in [-0.05, 0) is 17.7 Å². The van der Waals surface area contributed by atoms with Crippen LogP contribution in [0.5, 0.6) is 0 Å². The van der Waals surface area contributed by atoms with E-state index in [9.17, 15) is 4.79 Å². The first-order valence-electron chi connectivity index (χ1n) is 7.01. The van der Waals surface area contributed by atoms with E-state index in [1.165, 1.54) is 0 Å². The molecular weight excluding hydrogens is 372 g/mol. The van der Waals surface area contributed by atoms with Gasteiger partial charge in [-0.3, -0.25) is 4.79 Å². The van der Waals surface area contributed by atoms with Gasteiger partial charge in [-0.2, -0.15) is 0 Å². The minimum Gasteiger partial charge on any atom is -0.380 e. The van der Waals surface area contributed by atoms with Gasteiger partial charge in [0.15, 0.2) is 0 Å². The van der Waals surface area contributed by atoms with Crippen molar-refractivity contribution in [3.05, 3.63) is 34.3 Å². The summed E-state index contributed by atoms with van der Waals surface area (Å²) in [5.41, 5.74) is 6.64. The SMILES string of the molecule is COC(CN)CC(=O)N1CCOC(c2cccc(Br)c2)C1.Cl. The number of morpholine rings is 1. The zero-order valence-electron chi connectivity index (χ0n) is 12.5. The van der Waals surface area contributed by atoms with Gasteiger partial charge in [-0.1, -0.05) is 28.1 Å². The number of hydrogen-bond donors (Lipinski definition) is 1. The fourth-order valence-corrected chi connectivity index (χ4v) is 2.79. The number of amides is 1. The van der Waals surface area contributed by atoms with Crippen LogP contribution in [0.15, 0.2) is 28.7 Å². The lowest BCUT2D eigenvalue weighted by Crippen LogP contribution is -2.44. The minimum absolute atomic E-state index is 0. The molecule has 1 aliphatic rings. The summed E-state index contributed by atoms with van der Waals surface area (Å²) in [4.78, 5) is 14.1. The maximum Gasteiger partial charge on any atom is 0.225 e. The Morgan fingerprint density at radius 3 is 3.00 bits per heavy atom. The van der Waals surface area contributed by atoms with Gasteiger partial charge < -0.3 is 20.1 Å². The molecule has 0 radical (unpaired) electrons. The largest absolute Gasteiger partial charge is 0.380 e. The fourth-order valence-electron chi connectivity index (χ4n) is 2.37. The summed E-state index contributed by atoms with van der Waals surface area (Å²) in [6, 6.07) is 7.98. The molecule has 2 N–H and O–H groups in total. The van der Waals surface area contributed by atoms with E-state index in [1.54, 1.807) is 7.11 Å². The highest BCUT2D eigenvalue weighted by Gasteiger charge is 2.26. The predicted octanol–water partition coefficient (Wildman–Crippen LogP) is 2.13. The van der Waals surface area contributed by atoms with Crippen molar-refractivity contribution in [3.63, 3.8) is 0 Å². The van der Waals surface area contributed by atoms with E-state index in [2.05, 4.69) is 15.9 Å². The number of methoxy groups -OCH3 is 1. The van der Waals surface area contributed by atoms with Crippen molar-refractivity contribution in [3.8, 4) is 0 Å². The monoisotopic (exact) mass is 392 g/mol. The molecule has 1 saturated heterocycles. The predicted molar refractivity (Wildman–Crippen MR) is 91.1 cm³/mol. The Morgan fingerprint density at radius 2 is 2.36 bits per heavy atom. The van der Waals surface area contributed by atoms with E-state index in [0.717, 1.165) is 10.0 Å². The molecule has 0 spiro atoms. The van der Waals surface area contributed by atoms with Crippen molar-refractivity contribution in [2.75, 3.05) is 33.4 Å². The highest BCUT2D eigenvalue weighted by molar-refractivity contribution is 9.10. The van der Waals surface area contributed by atoms with Crippen LogP contribution in [0.25, 0.3) is 0 Å². The van der Waals surface area contributed by atoms with Crippen LogP contribution in [0.1, 0.15) is 18.1 Å². The number of hydrogen-bond acceptors (Lipinski definition) is 4. The van der Waals surface area contributed by atoms with Crippen molar-refractivity contribution in [1.82, 2.24) is 4.90 Å². The summed E-state index contributed by atoms with van der Waals surface area (Å²) in [5.74, 6) is 0.0654. The summed E-state index contributed by atoms with van der Waals surface area (Å²) >= 11 is 3.46. The van der Waals surface area contributed by atoms with E-state index in [0.29, 0.717) is 32.7 Å². The standard InChI is InChI=1S/C15H21BrN2O3.ClH/c1-20-13(9-17)8-15(19)18-5-6-21-14(10-18)11-3-2-4-12(16)7-11;/h2-4,7,13-14H,5-6,8-10,17H2,1H3;1H. The van der Waals surface area contributed by atoms with Crippen LogP contribution in [0.2, 0.25) is 0 Å². The summed E-state index contributed by atoms with van der Waals surface area (Å²) in [6.07, 6.45) is 0.0156. The van der Waals surface area contributed by atoms with Crippen molar-refractivity contribution in [1.29, 1.82) is 0 Å². The van der Waals surface area contributed by atoms with Gasteiger partial charge in [-0.15, -0.1) is 12.4 Å². The van der Waals surface area contributed by atoms with Crippen LogP contribution in [0.4, 0.5) is 0 Å². The molecule has 1 aliphatic heterocycles. The van der Waals surface area contributed by atoms with Crippen molar-refractivity contribution in [2.24, 2.45) is 5.73 Å². The van der Waals surface area contributed by atoms with Gasteiger partial charge in [0.1, 0.15) is 6.10 Å². The van der Waals surface area contributed by atoms with Crippen LogP contribution in [0, 0.1) is 0 Å². The van der Waals surface area contributed by atoms with Gasteiger partial charge in [0.05, 0.1) is 25.7 Å². The molecule has 0 aromatic heterocycles. The third-order valence-corrected chi connectivity index (χ3v) is 4.13. The number of nitrogens with two attached hydrogens (primary N) is 1. The summed E-state index contributed by atoms with van der Waals surface area (Å²) in [7, 11) is 1.58. The average Bonchev–Trinajstić information content (AvgIpc) is 2.52. The van der Waals surface area contributed by atoms with Crippen LogP contribution in [0.3, 0.4) is 0 Å². The lowest BCUT2D eigenvalue weighted by molar-refractivity contribution is -0.141. The second-order valence-electron chi connectivity index (χ2n) is 5.05. The zero-order valence-corrected chi connectivity index (χ0v) is 14.9. The molecule has 0 saturated carbocycles. The molecule has 1 heterocycles. The summed E-state index contributed by atoms with van der Waals surface area (Å²) in [6.45, 7) is 2.07.